The van der Waals surface area contributed by atoms with Gasteiger partial charge in [0, 0.05) is 5.92 Å². The first-order chi connectivity index (χ1) is 4.68. The Morgan fingerprint density at radius 3 is 2.70 bits per heavy atom. The topological polar surface area (TPSA) is 43.4 Å². The maximum atomic E-state index is 10.9. The molecule has 2 aliphatic rings. The Morgan fingerprint density at radius 1 is 1.80 bits per heavy atom. The lowest BCUT2D eigenvalue weighted by Gasteiger charge is -2.01. The van der Waals surface area contributed by atoms with E-state index in [1.807, 2.05) is 0 Å². The smallest absolute Gasteiger partial charge is 0.320 e. The number of hydrogen-bond donors (Lipinski definition) is 0. The minimum Gasteiger partial charge on any atom is -0.465 e. The fourth-order valence-corrected chi connectivity index (χ4v) is 1.66. The lowest BCUT2D eigenvalue weighted by Crippen LogP contribution is -2.21. The number of fused-ring (bicyclic) bond motifs is 1. The molecule has 0 amide bonds. The molecule has 54 valence electrons. The second-order valence-corrected chi connectivity index (χ2v) is 3.03. The predicted molar refractivity (Wildman–Crippen MR) is 32.2 cm³/mol. The fraction of sp³-hybridized carbons (Fsp3) is 0.714. The number of esters is 1. The first-order valence-electron chi connectivity index (χ1n) is 3.36. The Kier molecular flexibility index (Phi) is 0.832. The van der Waals surface area contributed by atoms with Gasteiger partial charge in [-0.2, -0.15) is 0 Å². The van der Waals surface area contributed by atoms with Crippen LogP contribution < -0.4 is 0 Å². The molecule has 0 bridgehead atoms. The molecular formula is C7H8O3. The molecule has 2 atom stereocenters. The van der Waals surface area contributed by atoms with Gasteiger partial charge in [0.25, 0.3) is 0 Å². The molecule has 1 heterocycles. The Hall–Kier alpha value is -0.860. The molecule has 2 rings (SSSR count). The molecule has 1 aliphatic carbocycles. The normalized spacial score (nSPS) is 42.5. The number of ether oxygens (including phenoxy) is 1. The molecule has 0 radical (unpaired) electrons. The van der Waals surface area contributed by atoms with E-state index >= 15 is 0 Å². The van der Waals surface area contributed by atoms with Gasteiger partial charge >= 0.3 is 5.97 Å². The maximum absolute atomic E-state index is 10.9. The van der Waals surface area contributed by atoms with E-state index in [0.29, 0.717) is 6.61 Å². The summed E-state index contributed by atoms with van der Waals surface area (Å²) in [7, 11) is 0. The van der Waals surface area contributed by atoms with Gasteiger partial charge in [-0.15, -0.1) is 0 Å². The predicted octanol–water partition coefficient (Wildman–Crippen LogP) is 0.139. The molecule has 0 aromatic carbocycles. The van der Waals surface area contributed by atoms with Gasteiger partial charge in [-0.1, -0.05) is 0 Å². The summed E-state index contributed by atoms with van der Waals surface area (Å²) in [6.07, 6.45) is 0.723. The van der Waals surface area contributed by atoms with Gasteiger partial charge in [-0.25, -0.2) is 0 Å². The van der Waals surface area contributed by atoms with E-state index in [9.17, 15) is 9.59 Å². The van der Waals surface area contributed by atoms with Crippen molar-refractivity contribution in [3.63, 3.8) is 0 Å². The van der Waals surface area contributed by atoms with Crippen molar-refractivity contribution in [3.05, 3.63) is 0 Å². The van der Waals surface area contributed by atoms with Crippen molar-refractivity contribution in [2.45, 2.75) is 13.3 Å². The second kappa shape index (κ2) is 1.41. The number of hydrogen-bond acceptors (Lipinski definition) is 3. The van der Waals surface area contributed by atoms with Gasteiger partial charge in [0.15, 0.2) is 0 Å². The second-order valence-electron chi connectivity index (χ2n) is 3.03. The van der Waals surface area contributed by atoms with Gasteiger partial charge in [0.05, 0.1) is 6.61 Å². The SMILES string of the molecule is CC(=O)[C@@]12C[C@@H]1COC2=O. The van der Waals surface area contributed by atoms with Crippen molar-refractivity contribution in [3.8, 4) is 0 Å². The van der Waals surface area contributed by atoms with E-state index < -0.39 is 5.41 Å². The van der Waals surface area contributed by atoms with Crippen LogP contribution >= 0.6 is 0 Å². The Balaban J connectivity index is 2.33. The highest BCUT2D eigenvalue weighted by molar-refractivity contribution is 6.07. The Labute approximate surface area is 58.4 Å². The number of Topliss-reactive ketones (excluding diaryl/α,β-unsaturated/α-hetero) is 1. The van der Waals surface area contributed by atoms with Gasteiger partial charge in [0.2, 0.25) is 0 Å². The van der Waals surface area contributed by atoms with Gasteiger partial charge in [-0.3, -0.25) is 9.59 Å². The molecule has 1 aliphatic heterocycles. The summed E-state index contributed by atoms with van der Waals surface area (Å²) < 4.78 is 4.72. The van der Waals surface area contributed by atoms with Crippen LogP contribution in [0.1, 0.15) is 13.3 Å². The Morgan fingerprint density at radius 2 is 2.50 bits per heavy atom. The van der Waals surface area contributed by atoms with Crippen LogP contribution in [0.3, 0.4) is 0 Å². The van der Waals surface area contributed by atoms with Crippen molar-refractivity contribution < 1.29 is 14.3 Å². The first-order valence-corrected chi connectivity index (χ1v) is 3.36. The van der Waals surface area contributed by atoms with Crippen LogP contribution in [0.25, 0.3) is 0 Å². The van der Waals surface area contributed by atoms with Crippen molar-refractivity contribution in [1.29, 1.82) is 0 Å². The number of ketones is 1. The minimum absolute atomic E-state index is 0.0278. The van der Waals surface area contributed by atoms with Crippen LogP contribution in [0, 0.1) is 11.3 Å². The quantitative estimate of drug-likeness (QED) is 0.384. The zero-order chi connectivity index (χ0) is 7.35. The van der Waals surface area contributed by atoms with Gasteiger partial charge in [0.1, 0.15) is 11.2 Å². The monoisotopic (exact) mass is 140 g/mol. The molecule has 0 unspecified atom stereocenters. The molecule has 1 saturated heterocycles. The highest BCUT2D eigenvalue weighted by Crippen LogP contribution is 2.58. The average molecular weight is 140 g/mol. The first kappa shape index (κ1) is 5.89. The van der Waals surface area contributed by atoms with Crippen molar-refractivity contribution >= 4 is 11.8 Å². The van der Waals surface area contributed by atoms with Gasteiger partial charge in [-0.05, 0) is 13.3 Å². The third kappa shape index (κ3) is 0.426. The summed E-state index contributed by atoms with van der Waals surface area (Å²) in [4.78, 5) is 21.9. The number of carbonyl (C=O) groups is 2. The summed E-state index contributed by atoms with van der Waals surface area (Å²) >= 11 is 0. The van der Waals surface area contributed by atoms with E-state index in [1.54, 1.807) is 0 Å². The highest BCUT2D eigenvalue weighted by atomic mass is 16.5. The molecule has 0 aromatic rings. The largest absolute Gasteiger partial charge is 0.465 e. The lowest BCUT2D eigenvalue weighted by molar-refractivity contribution is -0.148. The molecule has 10 heavy (non-hydrogen) atoms. The fourth-order valence-electron chi connectivity index (χ4n) is 1.66. The molecule has 3 heteroatoms. The molecule has 2 fully saturated rings. The zero-order valence-electron chi connectivity index (χ0n) is 5.72. The van der Waals surface area contributed by atoms with Crippen LogP contribution in [-0.4, -0.2) is 18.4 Å². The van der Waals surface area contributed by atoms with Crippen LogP contribution in [0.5, 0.6) is 0 Å². The van der Waals surface area contributed by atoms with E-state index in [2.05, 4.69) is 0 Å². The van der Waals surface area contributed by atoms with Crippen molar-refractivity contribution in [2.24, 2.45) is 11.3 Å². The van der Waals surface area contributed by atoms with E-state index in [4.69, 9.17) is 4.74 Å². The molecule has 0 aromatic heterocycles. The summed E-state index contributed by atoms with van der Waals surface area (Å²) in [6, 6.07) is 0. The molecule has 3 nitrogen and oxygen atoms in total. The average Bonchev–Trinajstić information content (AvgIpc) is 2.52. The summed E-state index contributed by atoms with van der Waals surface area (Å²) in [5, 5.41) is 0. The zero-order valence-corrected chi connectivity index (χ0v) is 5.72. The third-order valence-electron chi connectivity index (χ3n) is 2.51. The van der Waals surface area contributed by atoms with Crippen molar-refractivity contribution in [2.75, 3.05) is 6.61 Å². The van der Waals surface area contributed by atoms with Crippen LogP contribution in [0.2, 0.25) is 0 Å². The lowest BCUT2D eigenvalue weighted by atomic mass is 10.0. The molecule has 0 spiro atoms. The van der Waals surface area contributed by atoms with E-state index in [1.165, 1.54) is 6.92 Å². The molecule has 1 saturated carbocycles. The minimum atomic E-state index is -0.681. The maximum Gasteiger partial charge on any atom is 0.320 e. The van der Waals surface area contributed by atoms with Crippen LogP contribution in [0.15, 0.2) is 0 Å². The van der Waals surface area contributed by atoms with Crippen LogP contribution in [-0.2, 0) is 14.3 Å². The number of rotatable bonds is 1. The summed E-state index contributed by atoms with van der Waals surface area (Å²) in [5.41, 5.74) is -0.681. The molecule has 0 N–H and O–H groups in total. The Bertz CT molecular complexity index is 221. The highest BCUT2D eigenvalue weighted by Gasteiger charge is 2.69. The summed E-state index contributed by atoms with van der Waals surface area (Å²) in [5.74, 6) is -0.123. The van der Waals surface area contributed by atoms with E-state index in [-0.39, 0.29) is 17.7 Å². The number of carbonyl (C=O) groups excluding carboxylic acids is 2. The number of cyclic esters (lactones) is 1. The summed E-state index contributed by atoms with van der Waals surface area (Å²) in [6.45, 7) is 1.92. The third-order valence-corrected chi connectivity index (χ3v) is 2.51. The van der Waals surface area contributed by atoms with Gasteiger partial charge < -0.3 is 4.74 Å². The van der Waals surface area contributed by atoms with Crippen molar-refractivity contribution in [1.82, 2.24) is 0 Å². The van der Waals surface area contributed by atoms with Crippen LogP contribution in [0.4, 0.5) is 0 Å². The molecular weight excluding hydrogens is 132 g/mol. The standard InChI is InChI=1S/C7H8O3/c1-4(8)7-2-5(7)3-10-6(7)9/h5H,2-3H2,1H3/t5-,7+/m1/s1. The van der Waals surface area contributed by atoms with E-state index in [0.717, 1.165) is 6.42 Å².